The maximum Gasteiger partial charge on any atom is 0.139 e. The van der Waals surface area contributed by atoms with Crippen LogP contribution in [0.5, 0.6) is 5.75 Å². The third kappa shape index (κ3) is 1.41. The molecule has 3 nitrogen and oxygen atoms in total. The first kappa shape index (κ1) is 7.42. The topological polar surface area (TPSA) is 48.1 Å². The molecule has 0 fully saturated rings. The molecule has 0 saturated carbocycles. The lowest BCUT2D eigenvalue weighted by molar-refractivity contribution is 0.413. The number of hydrogen-bond donors (Lipinski definition) is 1. The van der Waals surface area contributed by atoms with E-state index in [1.807, 2.05) is 0 Å². The van der Waals surface area contributed by atoms with Gasteiger partial charge in [-0.25, -0.2) is 4.98 Å². The van der Waals surface area contributed by atoms with Crippen molar-refractivity contribution >= 4 is 5.82 Å². The van der Waals surface area contributed by atoms with Crippen LogP contribution in [0.15, 0.2) is 12.3 Å². The minimum absolute atomic E-state index is 0.355. The van der Waals surface area contributed by atoms with Gasteiger partial charge in [-0.2, -0.15) is 0 Å². The van der Waals surface area contributed by atoms with E-state index < -0.39 is 0 Å². The predicted molar refractivity (Wildman–Crippen MR) is 43.1 cm³/mol. The van der Waals surface area contributed by atoms with Gasteiger partial charge in [0.05, 0.1) is 18.9 Å². The van der Waals surface area contributed by atoms with Crippen LogP contribution in [0.25, 0.3) is 0 Å². The van der Waals surface area contributed by atoms with E-state index in [9.17, 15) is 0 Å². The highest BCUT2D eigenvalue weighted by Crippen LogP contribution is 2.14. The number of hydrogen-bond acceptors (Lipinski definition) is 3. The van der Waals surface area contributed by atoms with Gasteiger partial charge in [0.25, 0.3) is 0 Å². The maximum absolute atomic E-state index is 5.45. The summed E-state index contributed by atoms with van der Waals surface area (Å²) in [6, 6.07) is 1.67. The zero-order valence-corrected chi connectivity index (χ0v) is 6.16. The fraction of sp³-hybridized carbons (Fsp3) is 0.125. The van der Waals surface area contributed by atoms with Crippen LogP contribution in [0, 0.1) is 12.3 Å². The molecule has 0 saturated heterocycles. The van der Waals surface area contributed by atoms with Crippen LogP contribution in [0.4, 0.5) is 5.82 Å². The molecule has 2 N–H and O–H groups in total. The molecular formula is C8H8N2O. The van der Waals surface area contributed by atoms with E-state index in [-0.39, 0.29) is 0 Å². The number of pyridine rings is 1. The summed E-state index contributed by atoms with van der Waals surface area (Å²) in [5, 5.41) is 0. The fourth-order valence-electron chi connectivity index (χ4n) is 0.683. The quantitative estimate of drug-likeness (QED) is 0.595. The van der Waals surface area contributed by atoms with E-state index in [1.165, 1.54) is 6.20 Å². The minimum atomic E-state index is 0.355. The van der Waals surface area contributed by atoms with Crippen LogP contribution >= 0.6 is 0 Å². The molecule has 0 radical (unpaired) electrons. The molecule has 0 aromatic carbocycles. The van der Waals surface area contributed by atoms with Crippen molar-refractivity contribution in [2.24, 2.45) is 0 Å². The molecular weight excluding hydrogens is 140 g/mol. The molecule has 56 valence electrons. The third-order valence-corrected chi connectivity index (χ3v) is 1.28. The summed E-state index contributed by atoms with van der Waals surface area (Å²) in [4.78, 5) is 3.83. The number of ether oxygens (including phenoxy) is 1. The van der Waals surface area contributed by atoms with Crippen LogP contribution in [0.2, 0.25) is 0 Å². The van der Waals surface area contributed by atoms with Crippen molar-refractivity contribution in [1.82, 2.24) is 4.98 Å². The predicted octanol–water partition coefficient (Wildman–Crippen LogP) is 0.654. The van der Waals surface area contributed by atoms with E-state index in [0.717, 1.165) is 0 Å². The van der Waals surface area contributed by atoms with Gasteiger partial charge in [0.1, 0.15) is 11.6 Å². The first-order valence-corrected chi connectivity index (χ1v) is 3.04. The van der Waals surface area contributed by atoms with Crippen molar-refractivity contribution in [3.8, 4) is 18.1 Å². The Morgan fingerprint density at radius 1 is 1.73 bits per heavy atom. The zero-order valence-electron chi connectivity index (χ0n) is 6.16. The first-order chi connectivity index (χ1) is 5.27. The van der Waals surface area contributed by atoms with Crippen molar-refractivity contribution in [2.45, 2.75) is 0 Å². The Kier molecular flexibility index (Phi) is 1.98. The molecule has 0 spiro atoms. The fourth-order valence-corrected chi connectivity index (χ4v) is 0.683. The standard InChI is InChI=1S/C8H8N2O/c1-3-6-4-7(11-2)5-10-8(6)9/h1,4-5H,2H3,(H2,9,10). The van der Waals surface area contributed by atoms with Gasteiger partial charge in [0, 0.05) is 6.07 Å². The summed E-state index contributed by atoms with van der Waals surface area (Å²) < 4.78 is 4.90. The molecule has 0 aliphatic rings. The summed E-state index contributed by atoms with van der Waals surface area (Å²) >= 11 is 0. The molecule has 0 amide bonds. The van der Waals surface area contributed by atoms with Gasteiger partial charge in [0.2, 0.25) is 0 Å². The molecule has 0 aliphatic carbocycles. The first-order valence-electron chi connectivity index (χ1n) is 3.04. The Morgan fingerprint density at radius 2 is 2.45 bits per heavy atom. The van der Waals surface area contributed by atoms with Crippen molar-refractivity contribution < 1.29 is 4.74 Å². The molecule has 0 bridgehead atoms. The second-order valence-corrected chi connectivity index (χ2v) is 1.95. The van der Waals surface area contributed by atoms with Crippen molar-refractivity contribution in [1.29, 1.82) is 0 Å². The summed E-state index contributed by atoms with van der Waals surface area (Å²) in [5.74, 6) is 3.38. The Bertz CT molecular complexity index is 301. The van der Waals surface area contributed by atoms with Crippen LogP contribution in [0.3, 0.4) is 0 Å². The van der Waals surface area contributed by atoms with Crippen molar-refractivity contribution in [3.05, 3.63) is 17.8 Å². The molecule has 0 unspecified atom stereocenters. The highest BCUT2D eigenvalue weighted by molar-refractivity contribution is 5.52. The number of terminal acetylenes is 1. The molecule has 0 atom stereocenters. The molecule has 0 aliphatic heterocycles. The normalized spacial score (nSPS) is 8.73. The lowest BCUT2D eigenvalue weighted by Crippen LogP contribution is -1.95. The number of aromatic nitrogens is 1. The number of nitrogens with two attached hydrogens (primary N) is 1. The smallest absolute Gasteiger partial charge is 0.139 e. The second-order valence-electron chi connectivity index (χ2n) is 1.95. The monoisotopic (exact) mass is 148 g/mol. The summed E-state index contributed by atoms with van der Waals surface area (Å²) in [6.07, 6.45) is 6.67. The Hall–Kier alpha value is -1.69. The van der Waals surface area contributed by atoms with Gasteiger partial charge in [-0.05, 0) is 0 Å². The van der Waals surface area contributed by atoms with Crippen LogP contribution in [-0.4, -0.2) is 12.1 Å². The van der Waals surface area contributed by atoms with Crippen LogP contribution in [-0.2, 0) is 0 Å². The number of rotatable bonds is 1. The summed E-state index contributed by atoms with van der Waals surface area (Å²) in [6.45, 7) is 0. The Balaban J connectivity index is 3.15. The third-order valence-electron chi connectivity index (χ3n) is 1.28. The van der Waals surface area contributed by atoms with E-state index in [2.05, 4.69) is 10.9 Å². The Labute approximate surface area is 65.2 Å². The van der Waals surface area contributed by atoms with Gasteiger partial charge < -0.3 is 10.5 Å². The van der Waals surface area contributed by atoms with E-state index >= 15 is 0 Å². The number of methoxy groups -OCH3 is 1. The van der Waals surface area contributed by atoms with E-state index in [0.29, 0.717) is 17.1 Å². The highest BCUT2D eigenvalue weighted by atomic mass is 16.5. The molecule has 11 heavy (non-hydrogen) atoms. The molecule has 1 heterocycles. The molecule has 1 rings (SSSR count). The largest absolute Gasteiger partial charge is 0.495 e. The van der Waals surface area contributed by atoms with Crippen molar-refractivity contribution in [2.75, 3.05) is 12.8 Å². The lowest BCUT2D eigenvalue weighted by atomic mass is 10.2. The molecule has 1 aromatic rings. The summed E-state index contributed by atoms with van der Waals surface area (Å²) in [7, 11) is 1.55. The summed E-state index contributed by atoms with van der Waals surface area (Å²) in [5.41, 5.74) is 6.01. The van der Waals surface area contributed by atoms with Crippen LogP contribution in [0.1, 0.15) is 5.56 Å². The van der Waals surface area contributed by atoms with Gasteiger partial charge in [-0.3, -0.25) is 0 Å². The minimum Gasteiger partial charge on any atom is -0.495 e. The van der Waals surface area contributed by atoms with E-state index in [4.69, 9.17) is 16.9 Å². The number of nitrogen functional groups attached to an aromatic ring is 1. The van der Waals surface area contributed by atoms with Crippen LogP contribution < -0.4 is 10.5 Å². The second kappa shape index (κ2) is 2.93. The van der Waals surface area contributed by atoms with Gasteiger partial charge >= 0.3 is 0 Å². The number of nitrogens with zero attached hydrogens (tertiary/aromatic N) is 1. The Morgan fingerprint density at radius 3 is 3.00 bits per heavy atom. The van der Waals surface area contributed by atoms with Crippen molar-refractivity contribution in [3.63, 3.8) is 0 Å². The number of anilines is 1. The average Bonchev–Trinajstić information content (AvgIpc) is 2.05. The van der Waals surface area contributed by atoms with Gasteiger partial charge in [-0.15, -0.1) is 6.42 Å². The maximum atomic E-state index is 5.45. The average molecular weight is 148 g/mol. The van der Waals surface area contributed by atoms with Gasteiger partial charge in [-0.1, -0.05) is 5.92 Å². The SMILES string of the molecule is C#Cc1cc(OC)cnc1N. The zero-order chi connectivity index (χ0) is 8.27. The molecule has 1 aromatic heterocycles. The molecule has 3 heteroatoms. The van der Waals surface area contributed by atoms with Gasteiger partial charge in [0.15, 0.2) is 0 Å². The highest BCUT2D eigenvalue weighted by Gasteiger charge is 1.98. The lowest BCUT2D eigenvalue weighted by Gasteiger charge is -2.00. The van der Waals surface area contributed by atoms with E-state index in [1.54, 1.807) is 13.2 Å².